The summed E-state index contributed by atoms with van der Waals surface area (Å²) in [7, 11) is 0. The van der Waals surface area contributed by atoms with Gasteiger partial charge in [0.05, 0.1) is 0 Å². The Labute approximate surface area is 120 Å². The number of amides is 1. The van der Waals surface area contributed by atoms with Crippen molar-refractivity contribution in [2.24, 2.45) is 23.2 Å². The smallest absolute Gasteiger partial charge is 0.326 e. The molecule has 112 valence electrons. The molecule has 1 amide bonds. The lowest BCUT2D eigenvalue weighted by molar-refractivity contribution is -0.161. The number of piperidine rings is 1. The number of fused-ring (bicyclic) bond motifs is 2. The summed E-state index contributed by atoms with van der Waals surface area (Å²) in [5.74, 6) is 0.620. The van der Waals surface area contributed by atoms with Crippen molar-refractivity contribution in [3.63, 3.8) is 0 Å². The second-order valence-corrected chi connectivity index (χ2v) is 7.65. The highest BCUT2D eigenvalue weighted by Crippen LogP contribution is 2.49. The average molecular weight is 279 g/mol. The van der Waals surface area contributed by atoms with Gasteiger partial charge < -0.3 is 10.0 Å². The summed E-state index contributed by atoms with van der Waals surface area (Å²) in [5.41, 5.74) is -0.322. The summed E-state index contributed by atoms with van der Waals surface area (Å²) in [6.07, 6.45) is 6.41. The zero-order valence-electron chi connectivity index (χ0n) is 12.5. The van der Waals surface area contributed by atoms with E-state index < -0.39 is 12.0 Å². The Morgan fingerprint density at radius 2 is 1.95 bits per heavy atom. The van der Waals surface area contributed by atoms with Crippen molar-refractivity contribution in [1.82, 2.24) is 4.90 Å². The predicted molar refractivity (Wildman–Crippen MR) is 75.1 cm³/mol. The molecule has 4 heteroatoms. The maximum Gasteiger partial charge on any atom is 0.326 e. The number of rotatable bonds is 2. The van der Waals surface area contributed by atoms with Gasteiger partial charge in [-0.05, 0) is 49.4 Å². The van der Waals surface area contributed by atoms with E-state index in [1.807, 2.05) is 13.8 Å². The molecule has 2 aliphatic carbocycles. The topological polar surface area (TPSA) is 57.6 Å². The average Bonchev–Trinajstić information content (AvgIpc) is 2.98. The Bertz CT molecular complexity index is 431. The maximum absolute atomic E-state index is 12.9. The fourth-order valence-electron chi connectivity index (χ4n) is 4.86. The first kappa shape index (κ1) is 13.9. The number of carbonyl (C=O) groups excluding carboxylic acids is 1. The number of carbonyl (C=O) groups is 2. The minimum atomic E-state index is -0.841. The Morgan fingerprint density at radius 3 is 2.50 bits per heavy atom. The molecule has 3 fully saturated rings. The summed E-state index contributed by atoms with van der Waals surface area (Å²) in [6, 6.07) is -0.650. The van der Waals surface area contributed by atoms with E-state index in [0.29, 0.717) is 12.5 Å². The van der Waals surface area contributed by atoms with Crippen molar-refractivity contribution >= 4 is 11.9 Å². The number of aliphatic carboxylic acids is 1. The van der Waals surface area contributed by atoms with Crippen LogP contribution in [-0.4, -0.2) is 34.5 Å². The van der Waals surface area contributed by atoms with Gasteiger partial charge in [0.15, 0.2) is 0 Å². The first-order chi connectivity index (χ1) is 9.40. The Kier molecular flexibility index (Phi) is 3.30. The standard InChI is InChI=1S/C16H25NO3/c1-16(2)6-3-7-17(13(16)15(19)20)14(18)12-9-10-4-5-11(12)8-10/h10-13H,3-9H2,1-2H3,(H,19,20). The van der Waals surface area contributed by atoms with Crippen LogP contribution in [0.4, 0.5) is 0 Å². The second-order valence-electron chi connectivity index (χ2n) is 7.65. The number of carboxylic acid groups (broad SMARTS) is 1. The van der Waals surface area contributed by atoms with Crippen LogP contribution in [0.5, 0.6) is 0 Å². The first-order valence-electron chi connectivity index (χ1n) is 7.93. The largest absolute Gasteiger partial charge is 0.480 e. The molecule has 3 aliphatic rings. The van der Waals surface area contributed by atoms with Gasteiger partial charge in [-0.1, -0.05) is 20.3 Å². The molecule has 1 saturated heterocycles. The van der Waals surface area contributed by atoms with E-state index in [1.54, 1.807) is 4.90 Å². The summed E-state index contributed by atoms with van der Waals surface area (Å²) >= 11 is 0. The van der Waals surface area contributed by atoms with Crippen molar-refractivity contribution in [3.8, 4) is 0 Å². The Balaban J connectivity index is 1.80. The molecule has 4 atom stereocenters. The summed E-state index contributed by atoms with van der Waals surface area (Å²) in [4.78, 5) is 26.2. The molecule has 2 saturated carbocycles. The van der Waals surface area contributed by atoms with Crippen LogP contribution in [0.2, 0.25) is 0 Å². The van der Waals surface area contributed by atoms with Crippen LogP contribution >= 0.6 is 0 Å². The molecule has 0 radical (unpaired) electrons. The van der Waals surface area contributed by atoms with Gasteiger partial charge in [0.2, 0.25) is 5.91 Å². The lowest BCUT2D eigenvalue weighted by Crippen LogP contribution is -2.58. The zero-order chi connectivity index (χ0) is 14.5. The summed E-state index contributed by atoms with van der Waals surface area (Å²) in [5, 5.41) is 9.57. The quantitative estimate of drug-likeness (QED) is 0.845. The predicted octanol–water partition coefficient (Wildman–Crippen LogP) is 2.52. The highest BCUT2D eigenvalue weighted by Gasteiger charge is 2.50. The van der Waals surface area contributed by atoms with Gasteiger partial charge in [-0.15, -0.1) is 0 Å². The van der Waals surface area contributed by atoms with Crippen LogP contribution < -0.4 is 0 Å². The molecule has 0 aromatic heterocycles. The summed E-state index contributed by atoms with van der Waals surface area (Å²) < 4.78 is 0. The number of hydrogen-bond donors (Lipinski definition) is 1. The molecule has 0 aromatic rings. The third kappa shape index (κ3) is 2.13. The minimum absolute atomic E-state index is 0.101. The molecule has 20 heavy (non-hydrogen) atoms. The zero-order valence-corrected chi connectivity index (χ0v) is 12.5. The van der Waals surface area contributed by atoms with E-state index in [-0.39, 0.29) is 17.2 Å². The molecular formula is C16H25NO3. The number of likely N-dealkylation sites (tertiary alicyclic amines) is 1. The van der Waals surface area contributed by atoms with E-state index in [2.05, 4.69) is 0 Å². The van der Waals surface area contributed by atoms with Gasteiger partial charge in [-0.2, -0.15) is 0 Å². The normalized spacial score (nSPS) is 39.0. The molecule has 3 rings (SSSR count). The third-order valence-corrected chi connectivity index (χ3v) is 5.84. The van der Waals surface area contributed by atoms with Gasteiger partial charge in [0, 0.05) is 12.5 Å². The second kappa shape index (κ2) is 4.74. The van der Waals surface area contributed by atoms with Gasteiger partial charge in [-0.3, -0.25) is 4.79 Å². The van der Waals surface area contributed by atoms with E-state index in [9.17, 15) is 14.7 Å². The lowest BCUT2D eigenvalue weighted by Gasteiger charge is -2.45. The monoisotopic (exact) mass is 279 g/mol. The molecule has 2 bridgehead atoms. The van der Waals surface area contributed by atoms with E-state index in [0.717, 1.165) is 31.6 Å². The molecule has 1 aliphatic heterocycles. The van der Waals surface area contributed by atoms with Crippen molar-refractivity contribution in [2.75, 3.05) is 6.54 Å². The van der Waals surface area contributed by atoms with E-state index in [4.69, 9.17) is 0 Å². The van der Waals surface area contributed by atoms with Gasteiger partial charge in [0.25, 0.3) is 0 Å². The SMILES string of the molecule is CC1(C)CCCN(C(=O)C2CC3CCC2C3)C1C(=O)O. The molecule has 0 spiro atoms. The van der Waals surface area contributed by atoms with Crippen LogP contribution in [0.15, 0.2) is 0 Å². The van der Waals surface area contributed by atoms with Gasteiger partial charge in [0.1, 0.15) is 6.04 Å². The fourth-order valence-corrected chi connectivity index (χ4v) is 4.86. The minimum Gasteiger partial charge on any atom is -0.480 e. The Hall–Kier alpha value is -1.06. The van der Waals surface area contributed by atoms with Gasteiger partial charge >= 0.3 is 5.97 Å². The van der Waals surface area contributed by atoms with Gasteiger partial charge in [-0.25, -0.2) is 4.79 Å². The molecular weight excluding hydrogens is 254 g/mol. The highest BCUT2D eigenvalue weighted by molar-refractivity contribution is 5.86. The van der Waals surface area contributed by atoms with E-state index >= 15 is 0 Å². The molecule has 4 unspecified atom stereocenters. The van der Waals surface area contributed by atoms with Crippen molar-refractivity contribution in [3.05, 3.63) is 0 Å². The first-order valence-corrected chi connectivity index (χ1v) is 7.93. The van der Waals surface area contributed by atoms with Crippen LogP contribution in [-0.2, 0) is 9.59 Å². The Morgan fingerprint density at radius 1 is 1.20 bits per heavy atom. The molecule has 1 N–H and O–H groups in total. The fraction of sp³-hybridized carbons (Fsp3) is 0.875. The van der Waals surface area contributed by atoms with Crippen molar-refractivity contribution in [2.45, 2.75) is 58.4 Å². The summed E-state index contributed by atoms with van der Waals surface area (Å²) in [6.45, 7) is 4.57. The molecule has 0 aromatic carbocycles. The van der Waals surface area contributed by atoms with Crippen LogP contribution in [0.1, 0.15) is 52.4 Å². The van der Waals surface area contributed by atoms with Crippen molar-refractivity contribution < 1.29 is 14.7 Å². The van der Waals surface area contributed by atoms with Crippen LogP contribution in [0.25, 0.3) is 0 Å². The third-order valence-electron chi connectivity index (χ3n) is 5.84. The number of carboxylic acids is 1. The number of nitrogens with zero attached hydrogens (tertiary/aromatic N) is 1. The molecule has 1 heterocycles. The van der Waals surface area contributed by atoms with E-state index in [1.165, 1.54) is 12.8 Å². The van der Waals surface area contributed by atoms with Crippen molar-refractivity contribution in [1.29, 1.82) is 0 Å². The van der Waals surface area contributed by atoms with Crippen LogP contribution in [0.3, 0.4) is 0 Å². The number of hydrogen-bond acceptors (Lipinski definition) is 2. The maximum atomic E-state index is 12.9. The highest BCUT2D eigenvalue weighted by atomic mass is 16.4. The lowest BCUT2D eigenvalue weighted by atomic mass is 9.75. The van der Waals surface area contributed by atoms with Crippen LogP contribution in [0, 0.1) is 23.2 Å². The molecule has 4 nitrogen and oxygen atoms in total.